The van der Waals surface area contributed by atoms with E-state index in [4.69, 9.17) is 0 Å². The van der Waals surface area contributed by atoms with E-state index in [0.717, 1.165) is 24.3 Å². The van der Waals surface area contributed by atoms with Crippen LogP contribution < -0.4 is 4.72 Å². The molecule has 20 heavy (non-hydrogen) atoms. The van der Waals surface area contributed by atoms with Gasteiger partial charge in [-0.3, -0.25) is 14.8 Å². The fourth-order valence-corrected chi connectivity index (χ4v) is 2.43. The van der Waals surface area contributed by atoms with Gasteiger partial charge in [0.25, 0.3) is 15.7 Å². The summed E-state index contributed by atoms with van der Waals surface area (Å²) in [4.78, 5) is 13.4. The molecule has 0 aliphatic rings. The fraction of sp³-hybridized carbons (Fsp3) is 0. The summed E-state index contributed by atoms with van der Waals surface area (Å²) in [6, 6.07) is 7.07. The van der Waals surface area contributed by atoms with E-state index in [1.807, 2.05) is 0 Å². The first-order valence-electron chi connectivity index (χ1n) is 5.31. The maximum Gasteiger partial charge on any atom is 0.269 e. The molecule has 0 spiro atoms. The number of sulfonamides is 1. The summed E-state index contributed by atoms with van der Waals surface area (Å²) in [6.07, 6.45) is 1.31. The molecule has 2 aromatic rings. The van der Waals surface area contributed by atoms with Gasteiger partial charge in [0.2, 0.25) is 0 Å². The van der Waals surface area contributed by atoms with Crippen molar-refractivity contribution in [2.75, 3.05) is 4.72 Å². The van der Waals surface area contributed by atoms with Crippen LogP contribution in [-0.2, 0) is 10.0 Å². The van der Waals surface area contributed by atoms with Crippen LogP contribution in [-0.4, -0.2) is 23.4 Å². The maximum absolute atomic E-state index is 12.0. The first kappa shape index (κ1) is 13.7. The van der Waals surface area contributed by atoms with Gasteiger partial charge >= 0.3 is 0 Å². The van der Waals surface area contributed by atoms with Crippen molar-refractivity contribution in [3.63, 3.8) is 0 Å². The van der Waals surface area contributed by atoms with Gasteiger partial charge < -0.3 is 5.11 Å². The quantitative estimate of drug-likeness (QED) is 0.651. The second-order valence-electron chi connectivity index (χ2n) is 3.73. The molecule has 1 aromatic heterocycles. The number of aromatic nitrogens is 1. The Morgan fingerprint density at radius 2 is 1.85 bits per heavy atom. The highest BCUT2D eigenvalue weighted by atomic mass is 32.2. The van der Waals surface area contributed by atoms with Gasteiger partial charge in [0.15, 0.2) is 11.6 Å². The van der Waals surface area contributed by atoms with E-state index in [2.05, 4.69) is 9.71 Å². The molecule has 0 atom stereocenters. The predicted molar refractivity (Wildman–Crippen MR) is 69.8 cm³/mol. The highest BCUT2D eigenvalue weighted by Crippen LogP contribution is 2.23. The van der Waals surface area contributed by atoms with Crippen molar-refractivity contribution >= 4 is 21.5 Å². The van der Waals surface area contributed by atoms with Crippen molar-refractivity contribution in [1.29, 1.82) is 0 Å². The number of nitrogens with zero attached hydrogens (tertiary/aromatic N) is 2. The number of hydrogen-bond acceptors (Lipinski definition) is 6. The van der Waals surface area contributed by atoms with Gasteiger partial charge in [0, 0.05) is 18.3 Å². The fourth-order valence-electron chi connectivity index (χ4n) is 1.41. The normalized spacial score (nSPS) is 11.0. The monoisotopic (exact) mass is 295 g/mol. The Balaban J connectivity index is 2.31. The highest BCUT2D eigenvalue weighted by molar-refractivity contribution is 7.92. The molecule has 1 heterocycles. The first-order chi connectivity index (χ1) is 9.40. The molecule has 8 nitrogen and oxygen atoms in total. The third-order valence-electron chi connectivity index (χ3n) is 2.38. The van der Waals surface area contributed by atoms with Crippen molar-refractivity contribution in [1.82, 2.24) is 4.98 Å². The minimum absolute atomic E-state index is 0.173. The standard InChI is InChI=1S/C11H9N3O5S/c15-10-2-1-7-12-11(10)13-20(18,19)9-5-3-8(4-6-9)14(16)17/h1-7,15H,(H,12,13). The van der Waals surface area contributed by atoms with Gasteiger partial charge in [-0.15, -0.1) is 0 Å². The van der Waals surface area contributed by atoms with Gasteiger partial charge in [0.05, 0.1) is 9.82 Å². The van der Waals surface area contributed by atoms with Crippen molar-refractivity contribution < 1.29 is 18.4 Å². The summed E-state index contributed by atoms with van der Waals surface area (Å²) < 4.78 is 26.1. The summed E-state index contributed by atoms with van der Waals surface area (Å²) in [5.41, 5.74) is -0.218. The molecule has 0 bridgehead atoms. The maximum atomic E-state index is 12.0. The average molecular weight is 295 g/mol. The van der Waals surface area contributed by atoms with Crippen LogP contribution in [0.25, 0.3) is 0 Å². The molecule has 0 aliphatic heterocycles. The minimum Gasteiger partial charge on any atom is -0.504 e. The molecule has 0 aliphatic carbocycles. The van der Waals surface area contributed by atoms with E-state index >= 15 is 0 Å². The summed E-state index contributed by atoms with van der Waals surface area (Å²) >= 11 is 0. The van der Waals surface area contributed by atoms with Crippen LogP contribution in [0.4, 0.5) is 11.5 Å². The minimum atomic E-state index is -3.97. The van der Waals surface area contributed by atoms with Crippen molar-refractivity contribution in [3.8, 4) is 5.75 Å². The lowest BCUT2D eigenvalue weighted by Crippen LogP contribution is -2.13. The number of nitro groups is 1. The highest BCUT2D eigenvalue weighted by Gasteiger charge is 2.18. The van der Waals surface area contributed by atoms with Crippen LogP contribution in [0.1, 0.15) is 0 Å². The number of aromatic hydroxyl groups is 1. The molecular formula is C11H9N3O5S. The number of pyridine rings is 1. The van der Waals surface area contributed by atoms with Crippen molar-refractivity contribution in [2.45, 2.75) is 4.90 Å². The average Bonchev–Trinajstić information content (AvgIpc) is 2.41. The van der Waals surface area contributed by atoms with E-state index in [-0.39, 0.29) is 22.2 Å². The smallest absolute Gasteiger partial charge is 0.269 e. The van der Waals surface area contributed by atoms with Crippen LogP contribution in [0.3, 0.4) is 0 Å². The summed E-state index contributed by atoms with van der Waals surface area (Å²) in [7, 11) is -3.97. The van der Waals surface area contributed by atoms with Crippen LogP contribution in [0.5, 0.6) is 5.75 Å². The molecule has 0 saturated carbocycles. The Labute approximate surface area is 113 Å². The number of non-ortho nitro benzene ring substituents is 1. The zero-order valence-electron chi connectivity index (χ0n) is 9.92. The number of anilines is 1. The van der Waals surface area contributed by atoms with Gasteiger partial charge in [0.1, 0.15) is 0 Å². The third-order valence-corrected chi connectivity index (χ3v) is 3.73. The molecule has 2 N–H and O–H groups in total. The summed E-state index contributed by atoms with van der Waals surface area (Å²) in [5, 5.41) is 20.0. The number of nitrogens with one attached hydrogen (secondary N) is 1. The van der Waals surface area contributed by atoms with Gasteiger partial charge in [-0.2, -0.15) is 0 Å². The van der Waals surface area contributed by atoms with E-state index < -0.39 is 14.9 Å². The molecule has 0 unspecified atom stereocenters. The molecule has 0 amide bonds. The van der Waals surface area contributed by atoms with Gasteiger partial charge in [-0.1, -0.05) is 0 Å². The Morgan fingerprint density at radius 3 is 2.40 bits per heavy atom. The van der Waals surface area contributed by atoms with Crippen molar-refractivity contribution in [2.24, 2.45) is 0 Å². The third kappa shape index (κ3) is 2.83. The van der Waals surface area contributed by atoms with E-state index in [0.29, 0.717) is 0 Å². The molecular weight excluding hydrogens is 286 g/mol. The molecule has 0 radical (unpaired) electrons. The first-order valence-corrected chi connectivity index (χ1v) is 6.80. The Kier molecular flexibility index (Phi) is 3.53. The number of benzene rings is 1. The van der Waals surface area contributed by atoms with Crippen LogP contribution in [0, 0.1) is 10.1 Å². The molecule has 2 rings (SSSR count). The summed E-state index contributed by atoms with van der Waals surface area (Å²) in [6.45, 7) is 0. The molecule has 9 heteroatoms. The van der Waals surface area contributed by atoms with Crippen LogP contribution in [0.2, 0.25) is 0 Å². The molecule has 1 aromatic carbocycles. The molecule has 0 fully saturated rings. The second kappa shape index (κ2) is 5.13. The van der Waals surface area contributed by atoms with Crippen LogP contribution >= 0.6 is 0 Å². The van der Waals surface area contributed by atoms with E-state index in [1.54, 1.807) is 0 Å². The Hall–Kier alpha value is -2.68. The SMILES string of the molecule is O=[N+]([O-])c1ccc(S(=O)(=O)Nc2ncccc2O)cc1. The van der Waals surface area contributed by atoms with E-state index in [9.17, 15) is 23.6 Å². The summed E-state index contributed by atoms with van der Waals surface area (Å²) in [5.74, 6) is -0.538. The lowest BCUT2D eigenvalue weighted by Gasteiger charge is -2.08. The number of rotatable bonds is 4. The molecule has 104 valence electrons. The number of nitro benzene ring substituents is 1. The van der Waals surface area contributed by atoms with Crippen molar-refractivity contribution in [3.05, 3.63) is 52.7 Å². The predicted octanol–water partition coefficient (Wildman–Crippen LogP) is 1.50. The van der Waals surface area contributed by atoms with E-state index in [1.165, 1.54) is 18.3 Å². The zero-order chi connectivity index (χ0) is 14.8. The molecule has 0 saturated heterocycles. The second-order valence-corrected chi connectivity index (χ2v) is 5.41. The largest absolute Gasteiger partial charge is 0.504 e. The lowest BCUT2D eigenvalue weighted by atomic mass is 10.3. The lowest BCUT2D eigenvalue weighted by molar-refractivity contribution is -0.384. The number of hydrogen-bond donors (Lipinski definition) is 2. The Bertz CT molecular complexity index is 743. The van der Waals surface area contributed by atoms with Gasteiger partial charge in [-0.05, 0) is 24.3 Å². The topological polar surface area (TPSA) is 122 Å². The van der Waals surface area contributed by atoms with Crippen LogP contribution in [0.15, 0.2) is 47.5 Å². The zero-order valence-corrected chi connectivity index (χ0v) is 10.7. The Morgan fingerprint density at radius 1 is 1.20 bits per heavy atom. The van der Waals surface area contributed by atoms with Gasteiger partial charge in [-0.25, -0.2) is 13.4 Å².